The number of hydrogen-bond acceptors (Lipinski definition) is 0. The molecule has 4 aromatic carbocycles. The summed E-state index contributed by atoms with van der Waals surface area (Å²) in [5, 5.41) is 0. The van der Waals surface area contributed by atoms with Crippen molar-refractivity contribution in [1.82, 2.24) is 0 Å². The van der Waals surface area contributed by atoms with Crippen molar-refractivity contribution in [3.05, 3.63) is 106 Å². The maximum absolute atomic E-state index is 2.44. The van der Waals surface area contributed by atoms with Crippen LogP contribution in [0.2, 0.25) is 0 Å². The van der Waals surface area contributed by atoms with E-state index in [0.717, 1.165) is 32.1 Å². The summed E-state index contributed by atoms with van der Waals surface area (Å²) in [6.45, 7) is 8.99. The van der Waals surface area contributed by atoms with E-state index in [1.807, 2.05) is 0 Å². The molecule has 1 aliphatic rings. The molecule has 4 aromatic rings. The normalized spacial score (nSPS) is 12.0. The van der Waals surface area contributed by atoms with E-state index in [-0.39, 0.29) is 0 Å². The molecule has 0 saturated carbocycles. The maximum Gasteiger partial charge on any atom is -0.00130 e. The van der Waals surface area contributed by atoms with E-state index in [2.05, 4.69) is 100 Å². The Labute approximate surface area is 199 Å². The van der Waals surface area contributed by atoms with Gasteiger partial charge in [-0.25, -0.2) is 0 Å². The van der Waals surface area contributed by atoms with Crippen LogP contribution in [0, 0.1) is 0 Å². The first-order valence-corrected chi connectivity index (χ1v) is 12.7. The number of fused-ring (bicyclic) bond motifs is 3. The second-order valence-corrected chi connectivity index (χ2v) is 9.32. The first-order chi connectivity index (χ1) is 16.1. The molecular formula is C33H34. The van der Waals surface area contributed by atoms with E-state index in [9.17, 15) is 0 Å². The Morgan fingerprint density at radius 2 is 0.909 bits per heavy atom. The van der Waals surface area contributed by atoms with Gasteiger partial charge in [0.1, 0.15) is 0 Å². The zero-order valence-corrected chi connectivity index (χ0v) is 20.5. The van der Waals surface area contributed by atoms with Gasteiger partial charge in [-0.2, -0.15) is 0 Å². The monoisotopic (exact) mass is 430 g/mol. The van der Waals surface area contributed by atoms with E-state index in [0.29, 0.717) is 0 Å². The van der Waals surface area contributed by atoms with Crippen LogP contribution in [0.4, 0.5) is 0 Å². The van der Waals surface area contributed by atoms with Crippen LogP contribution < -0.4 is 0 Å². The Morgan fingerprint density at radius 1 is 0.455 bits per heavy atom. The molecule has 0 nitrogen and oxygen atoms in total. The van der Waals surface area contributed by atoms with Gasteiger partial charge in [0, 0.05) is 0 Å². The Bertz CT molecular complexity index is 1220. The van der Waals surface area contributed by atoms with Gasteiger partial charge in [0.15, 0.2) is 0 Å². The smallest absolute Gasteiger partial charge is 0.00130 e. The van der Waals surface area contributed by atoms with Crippen LogP contribution in [0.15, 0.2) is 72.8 Å². The van der Waals surface area contributed by atoms with E-state index < -0.39 is 0 Å². The van der Waals surface area contributed by atoms with Crippen molar-refractivity contribution < 1.29 is 0 Å². The SMILES string of the molecule is CCc1ccc(CC)c(-c2ccc3c(c2)Cc2cc(-c4cc(CC)ccc4CC)ccc2-3)c1. The summed E-state index contributed by atoms with van der Waals surface area (Å²) in [5.74, 6) is 0. The quantitative estimate of drug-likeness (QED) is 0.252. The first kappa shape index (κ1) is 21.7. The van der Waals surface area contributed by atoms with Crippen molar-refractivity contribution in [2.75, 3.05) is 0 Å². The van der Waals surface area contributed by atoms with Crippen molar-refractivity contribution in [2.45, 2.75) is 59.8 Å². The van der Waals surface area contributed by atoms with Gasteiger partial charge in [0.25, 0.3) is 0 Å². The molecule has 0 N–H and O–H groups in total. The molecule has 166 valence electrons. The molecular weight excluding hydrogens is 396 g/mol. The molecule has 0 aliphatic heterocycles. The second kappa shape index (κ2) is 9.02. The Morgan fingerprint density at radius 3 is 1.30 bits per heavy atom. The molecule has 5 rings (SSSR count). The lowest BCUT2D eigenvalue weighted by Gasteiger charge is -2.12. The van der Waals surface area contributed by atoms with Crippen molar-refractivity contribution in [3.8, 4) is 33.4 Å². The van der Waals surface area contributed by atoms with E-state index in [4.69, 9.17) is 0 Å². The van der Waals surface area contributed by atoms with Crippen LogP contribution in [0.5, 0.6) is 0 Å². The molecule has 0 heterocycles. The number of aryl methyl sites for hydroxylation is 4. The predicted molar refractivity (Wildman–Crippen MR) is 143 cm³/mol. The predicted octanol–water partition coefficient (Wildman–Crippen LogP) is 8.84. The molecule has 0 spiro atoms. The topological polar surface area (TPSA) is 0 Å². The van der Waals surface area contributed by atoms with Crippen molar-refractivity contribution in [3.63, 3.8) is 0 Å². The molecule has 0 atom stereocenters. The standard InChI is InChI=1S/C33H34/c1-5-22-9-11-24(7-3)32(17-22)26-13-15-30-28(19-26)21-29-20-27(14-16-31(29)30)33-18-23(6-2)10-12-25(33)8-4/h9-20H,5-8,21H2,1-4H3. The van der Waals surface area contributed by atoms with Crippen LogP contribution >= 0.6 is 0 Å². The van der Waals surface area contributed by atoms with Gasteiger partial charge in [-0.15, -0.1) is 0 Å². The number of hydrogen-bond donors (Lipinski definition) is 0. The summed E-state index contributed by atoms with van der Waals surface area (Å²) in [4.78, 5) is 0. The minimum Gasteiger partial charge on any atom is -0.0613 e. The lowest BCUT2D eigenvalue weighted by Crippen LogP contribution is -1.92. The van der Waals surface area contributed by atoms with Gasteiger partial charge in [0.2, 0.25) is 0 Å². The van der Waals surface area contributed by atoms with Gasteiger partial charge in [-0.3, -0.25) is 0 Å². The molecule has 0 saturated heterocycles. The molecule has 0 radical (unpaired) electrons. The third kappa shape index (κ3) is 3.93. The summed E-state index contributed by atoms with van der Waals surface area (Å²) < 4.78 is 0. The van der Waals surface area contributed by atoms with E-state index >= 15 is 0 Å². The molecule has 0 bridgehead atoms. The molecule has 0 fully saturated rings. The largest absolute Gasteiger partial charge is 0.0613 e. The fourth-order valence-corrected chi connectivity index (χ4v) is 5.39. The third-order valence-corrected chi connectivity index (χ3v) is 7.43. The van der Waals surface area contributed by atoms with Gasteiger partial charge >= 0.3 is 0 Å². The lowest BCUT2D eigenvalue weighted by molar-refractivity contribution is 1.10. The van der Waals surface area contributed by atoms with Crippen LogP contribution in [-0.2, 0) is 32.1 Å². The Balaban J connectivity index is 1.53. The number of rotatable bonds is 6. The van der Waals surface area contributed by atoms with Gasteiger partial charge < -0.3 is 0 Å². The van der Waals surface area contributed by atoms with Gasteiger partial charge in [-0.1, -0.05) is 100 Å². The van der Waals surface area contributed by atoms with Crippen molar-refractivity contribution in [2.24, 2.45) is 0 Å². The second-order valence-electron chi connectivity index (χ2n) is 9.32. The summed E-state index contributed by atoms with van der Waals surface area (Å²) in [6.07, 6.45) is 5.31. The van der Waals surface area contributed by atoms with Crippen molar-refractivity contribution in [1.29, 1.82) is 0 Å². The maximum atomic E-state index is 2.44. The Hall–Kier alpha value is -3.12. The van der Waals surface area contributed by atoms with Crippen molar-refractivity contribution >= 4 is 0 Å². The lowest BCUT2D eigenvalue weighted by atomic mass is 9.92. The van der Waals surface area contributed by atoms with Crippen LogP contribution in [-0.4, -0.2) is 0 Å². The minimum atomic E-state index is 1.02. The summed E-state index contributed by atoms with van der Waals surface area (Å²) in [6, 6.07) is 28.2. The first-order valence-electron chi connectivity index (χ1n) is 12.7. The average Bonchev–Trinajstić information content (AvgIpc) is 3.24. The zero-order chi connectivity index (χ0) is 22.9. The third-order valence-electron chi connectivity index (χ3n) is 7.43. The minimum absolute atomic E-state index is 1.02. The summed E-state index contributed by atoms with van der Waals surface area (Å²) in [7, 11) is 0. The number of benzene rings is 4. The van der Waals surface area contributed by atoms with E-state index in [1.165, 1.54) is 66.8 Å². The van der Waals surface area contributed by atoms with Gasteiger partial charge in [0.05, 0.1) is 0 Å². The molecule has 0 heteroatoms. The van der Waals surface area contributed by atoms with Crippen LogP contribution in [0.1, 0.15) is 61.1 Å². The molecule has 0 amide bonds. The van der Waals surface area contributed by atoms with Crippen LogP contribution in [0.25, 0.3) is 33.4 Å². The fourth-order valence-electron chi connectivity index (χ4n) is 5.39. The summed E-state index contributed by atoms with van der Waals surface area (Å²) >= 11 is 0. The average molecular weight is 431 g/mol. The van der Waals surface area contributed by atoms with Crippen LogP contribution in [0.3, 0.4) is 0 Å². The molecule has 33 heavy (non-hydrogen) atoms. The van der Waals surface area contributed by atoms with Gasteiger partial charge in [-0.05, 0) is 98.9 Å². The zero-order valence-electron chi connectivity index (χ0n) is 20.5. The Kier molecular flexibility index (Phi) is 5.94. The highest BCUT2D eigenvalue weighted by molar-refractivity contribution is 5.83. The highest BCUT2D eigenvalue weighted by Gasteiger charge is 2.20. The highest BCUT2D eigenvalue weighted by Crippen LogP contribution is 2.41. The molecule has 1 aliphatic carbocycles. The molecule has 0 unspecified atom stereocenters. The molecule has 0 aromatic heterocycles. The summed E-state index contributed by atoms with van der Waals surface area (Å²) in [5.41, 5.74) is 17.0. The van der Waals surface area contributed by atoms with E-state index in [1.54, 1.807) is 0 Å². The highest BCUT2D eigenvalue weighted by atomic mass is 14.2. The fraction of sp³-hybridized carbons (Fsp3) is 0.273.